The summed E-state index contributed by atoms with van der Waals surface area (Å²) >= 11 is 0. The molecule has 0 N–H and O–H groups in total. The van der Waals surface area contributed by atoms with E-state index in [4.69, 9.17) is 9.15 Å². The van der Waals surface area contributed by atoms with Crippen LogP contribution in [-0.4, -0.2) is 5.97 Å². The van der Waals surface area contributed by atoms with Crippen LogP contribution in [0.5, 0.6) is 5.75 Å². The van der Waals surface area contributed by atoms with Gasteiger partial charge in [0.1, 0.15) is 11.5 Å². The van der Waals surface area contributed by atoms with Gasteiger partial charge < -0.3 is 9.15 Å². The van der Waals surface area contributed by atoms with Gasteiger partial charge >= 0.3 is 5.97 Å². The largest absolute Gasteiger partial charge is 0.465 e. The van der Waals surface area contributed by atoms with E-state index in [0.29, 0.717) is 17.4 Å². The van der Waals surface area contributed by atoms with E-state index in [1.165, 1.54) is 6.08 Å². The van der Waals surface area contributed by atoms with Gasteiger partial charge in [-0.1, -0.05) is 32.0 Å². The zero-order chi connectivity index (χ0) is 13.7. The molecule has 0 bridgehead atoms. The predicted molar refractivity (Wildman–Crippen MR) is 73.9 cm³/mol. The number of carbonyl (C=O) groups is 1. The smallest absolute Gasteiger partial charge is 0.336 e. The van der Waals surface area contributed by atoms with Gasteiger partial charge in [-0.15, -0.1) is 0 Å². The molecule has 0 fully saturated rings. The third-order valence-electron chi connectivity index (χ3n) is 2.68. The molecule has 0 amide bonds. The van der Waals surface area contributed by atoms with Crippen molar-refractivity contribution < 1.29 is 13.9 Å². The van der Waals surface area contributed by atoms with Crippen molar-refractivity contribution >= 4 is 12.0 Å². The Kier molecular flexibility index (Phi) is 4.18. The van der Waals surface area contributed by atoms with Crippen LogP contribution in [0.15, 0.2) is 53.2 Å². The Hall–Kier alpha value is -2.29. The maximum absolute atomic E-state index is 11.7. The molecule has 19 heavy (non-hydrogen) atoms. The highest BCUT2D eigenvalue weighted by atomic mass is 16.5. The molecule has 0 atom stereocenters. The van der Waals surface area contributed by atoms with Gasteiger partial charge in [-0.05, 0) is 35.8 Å². The highest BCUT2D eigenvalue weighted by molar-refractivity contribution is 5.88. The van der Waals surface area contributed by atoms with Crippen LogP contribution < -0.4 is 4.74 Å². The third kappa shape index (κ3) is 3.58. The van der Waals surface area contributed by atoms with Gasteiger partial charge in [-0.3, -0.25) is 0 Å². The first-order valence-electron chi connectivity index (χ1n) is 6.19. The number of carbonyl (C=O) groups excluding carboxylic acids is 1. The van der Waals surface area contributed by atoms with Crippen LogP contribution >= 0.6 is 0 Å². The summed E-state index contributed by atoms with van der Waals surface area (Å²) in [4.78, 5) is 11.7. The fourth-order valence-electron chi connectivity index (χ4n) is 1.73. The Morgan fingerprint density at radius 3 is 2.68 bits per heavy atom. The first-order valence-corrected chi connectivity index (χ1v) is 6.19. The molecular weight excluding hydrogens is 240 g/mol. The molecular formula is C16H16O3. The molecule has 1 aromatic carbocycles. The van der Waals surface area contributed by atoms with Crippen LogP contribution in [0.4, 0.5) is 0 Å². The zero-order valence-electron chi connectivity index (χ0n) is 11.0. The van der Waals surface area contributed by atoms with E-state index in [1.54, 1.807) is 30.5 Å². The fraction of sp³-hybridized carbons (Fsp3) is 0.188. The van der Waals surface area contributed by atoms with E-state index in [2.05, 4.69) is 13.8 Å². The van der Waals surface area contributed by atoms with Crippen molar-refractivity contribution in [2.75, 3.05) is 0 Å². The minimum Gasteiger partial charge on any atom is -0.465 e. The molecule has 3 nitrogen and oxygen atoms in total. The molecule has 0 aliphatic heterocycles. The highest BCUT2D eigenvalue weighted by Gasteiger charge is 2.09. The molecule has 0 aliphatic carbocycles. The lowest BCUT2D eigenvalue weighted by atomic mass is 10.0. The Balaban J connectivity index is 2.07. The number of rotatable bonds is 4. The highest BCUT2D eigenvalue weighted by Crippen LogP contribution is 2.25. The topological polar surface area (TPSA) is 39.4 Å². The minimum absolute atomic E-state index is 0.304. The summed E-state index contributed by atoms with van der Waals surface area (Å²) in [5.74, 6) is 1.11. The Bertz CT molecular complexity index is 565. The van der Waals surface area contributed by atoms with Crippen LogP contribution in [0.2, 0.25) is 0 Å². The lowest BCUT2D eigenvalue weighted by Crippen LogP contribution is -2.06. The molecule has 2 aromatic rings. The maximum Gasteiger partial charge on any atom is 0.336 e. The Morgan fingerprint density at radius 2 is 2.00 bits per heavy atom. The van der Waals surface area contributed by atoms with E-state index in [9.17, 15) is 4.79 Å². The molecule has 1 heterocycles. The third-order valence-corrected chi connectivity index (χ3v) is 2.68. The quantitative estimate of drug-likeness (QED) is 0.471. The molecule has 0 saturated heterocycles. The van der Waals surface area contributed by atoms with E-state index in [1.807, 2.05) is 18.2 Å². The lowest BCUT2D eigenvalue weighted by molar-refractivity contribution is -0.128. The van der Waals surface area contributed by atoms with Gasteiger partial charge in [-0.25, -0.2) is 4.79 Å². The average Bonchev–Trinajstić information content (AvgIpc) is 2.90. The van der Waals surface area contributed by atoms with Crippen LogP contribution in [0.3, 0.4) is 0 Å². The Labute approximate surface area is 112 Å². The second kappa shape index (κ2) is 6.05. The standard InChI is InChI=1S/C16H16O3/c1-12(2)14-7-3-4-8-15(14)19-16(17)10-9-13-6-5-11-18-13/h3-12H,1-2H3. The summed E-state index contributed by atoms with van der Waals surface area (Å²) in [5.41, 5.74) is 1.02. The molecule has 0 radical (unpaired) electrons. The van der Waals surface area contributed by atoms with Crippen molar-refractivity contribution in [3.8, 4) is 5.75 Å². The first kappa shape index (κ1) is 13.1. The van der Waals surface area contributed by atoms with Gasteiger partial charge in [0.05, 0.1) is 6.26 Å². The number of esters is 1. The summed E-state index contributed by atoms with van der Waals surface area (Å²) in [6.45, 7) is 4.12. The summed E-state index contributed by atoms with van der Waals surface area (Å²) in [6.07, 6.45) is 4.50. The molecule has 2 rings (SSSR count). The van der Waals surface area contributed by atoms with E-state index in [-0.39, 0.29) is 0 Å². The maximum atomic E-state index is 11.7. The predicted octanol–water partition coefficient (Wildman–Crippen LogP) is 4.02. The zero-order valence-corrected chi connectivity index (χ0v) is 11.0. The minimum atomic E-state index is -0.412. The van der Waals surface area contributed by atoms with Crippen LogP contribution in [0, 0.1) is 0 Å². The number of benzene rings is 1. The summed E-state index contributed by atoms with van der Waals surface area (Å²) < 4.78 is 10.4. The monoisotopic (exact) mass is 256 g/mol. The van der Waals surface area contributed by atoms with E-state index >= 15 is 0 Å². The SMILES string of the molecule is CC(C)c1ccccc1OC(=O)C=Cc1ccco1. The number of hydrogen-bond acceptors (Lipinski definition) is 3. The Morgan fingerprint density at radius 1 is 1.21 bits per heavy atom. The van der Waals surface area contributed by atoms with Crippen molar-refractivity contribution in [3.63, 3.8) is 0 Å². The van der Waals surface area contributed by atoms with Crippen molar-refractivity contribution in [2.45, 2.75) is 19.8 Å². The second-order valence-corrected chi connectivity index (χ2v) is 4.46. The fourth-order valence-corrected chi connectivity index (χ4v) is 1.73. The van der Waals surface area contributed by atoms with E-state index in [0.717, 1.165) is 5.56 Å². The van der Waals surface area contributed by atoms with Crippen molar-refractivity contribution in [1.82, 2.24) is 0 Å². The molecule has 98 valence electrons. The summed E-state index contributed by atoms with van der Waals surface area (Å²) in [7, 11) is 0. The van der Waals surface area contributed by atoms with Gasteiger partial charge in [0.15, 0.2) is 0 Å². The summed E-state index contributed by atoms with van der Waals surface area (Å²) in [6, 6.07) is 11.1. The molecule has 0 spiro atoms. The molecule has 1 aromatic heterocycles. The lowest BCUT2D eigenvalue weighted by Gasteiger charge is -2.11. The molecule has 0 saturated carbocycles. The van der Waals surface area contributed by atoms with Gasteiger partial charge in [-0.2, -0.15) is 0 Å². The van der Waals surface area contributed by atoms with Crippen LogP contribution in [-0.2, 0) is 4.79 Å². The molecule has 0 unspecified atom stereocenters. The number of furan rings is 1. The van der Waals surface area contributed by atoms with Gasteiger partial charge in [0.2, 0.25) is 0 Å². The number of hydrogen-bond donors (Lipinski definition) is 0. The van der Waals surface area contributed by atoms with Gasteiger partial charge in [0, 0.05) is 6.08 Å². The average molecular weight is 256 g/mol. The number of ether oxygens (including phenoxy) is 1. The van der Waals surface area contributed by atoms with Crippen LogP contribution in [0.25, 0.3) is 6.08 Å². The normalized spacial score (nSPS) is 11.1. The molecule has 0 aliphatic rings. The first-order chi connectivity index (χ1) is 9.16. The second-order valence-electron chi connectivity index (χ2n) is 4.46. The van der Waals surface area contributed by atoms with Crippen molar-refractivity contribution in [2.24, 2.45) is 0 Å². The summed E-state index contributed by atoms with van der Waals surface area (Å²) in [5, 5.41) is 0. The van der Waals surface area contributed by atoms with E-state index < -0.39 is 5.97 Å². The van der Waals surface area contributed by atoms with Gasteiger partial charge in [0.25, 0.3) is 0 Å². The number of para-hydroxylation sites is 1. The van der Waals surface area contributed by atoms with Crippen molar-refractivity contribution in [3.05, 3.63) is 60.1 Å². The van der Waals surface area contributed by atoms with Crippen molar-refractivity contribution in [1.29, 1.82) is 0 Å². The molecule has 3 heteroatoms. The van der Waals surface area contributed by atoms with Crippen LogP contribution in [0.1, 0.15) is 31.1 Å².